The fourth-order valence-corrected chi connectivity index (χ4v) is 3.83. The fourth-order valence-electron chi connectivity index (χ4n) is 3.83. The summed E-state index contributed by atoms with van der Waals surface area (Å²) in [6.07, 6.45) is -0.777. The summed E-state index contributed by atoms with van der Waals surface area (Å²) in [5.74, 6) is -0.0493. The van der Waals surface area contributed by atoms with Crippen LogP contribution >= 0.6 is 0 Å². The molecule has 3 unspecified atom stereocenters. The number of hydrogen-bond donors (Lipinski definition) is 1. The Kier molecular flexibility index (Phi) is 4.06. The van der Waals surface area contributed by atoms with Crippen LogP contribution in [-0.2, 0) is 14.3 Å². The molecule has 9 heteroatoms. The summed E-state index contributed by atoms with van der Waals surface area (Å²) in [5.41, 5.74) is 0.815. The topological polar surface area (TPSA) is 115 Å². The molecule has 1 N–H and O–H groups in total. The average Bonchev–Trinajstić information content (AvgIpc) is 3.02. The molecule has 0 radical (unpaired) electrons. The van der Waals surface area contributed by atoms with Crippen LogP contribution in [0.3, 0.4) is 0 Å². The third-order valence-electron chi connectivity index (χ3n) is 5.17. The predicted molar refractivity (Wildman–Crippen MR) is 91.8 cm³/mol. The first-order valence-corrected chi connectivity index (χ1v) is 8.86. The van der Waals surface area contributed by atoms with Crippen LogP contribution in [0.2, 0.25) is 0 Å². The van der Waals surface area contributed by atoms with Gasteiger partial charge in [0.1, 0.15) is 34.6 Å². The summed E-state index contributed by atoms with van der Waals surface area (Å²) >= 11 is 0. The Morgan fingerprint density at radius 1 is 1.33 bits per heavy atom. The normalized spacial score (nSPS) is 27.2. The summed E-state index contributed by atoms with van der Waals surface area (Å²) in [7, 11) is 0. The van der Waals surface area contributed by atoms with Crippen molar-refractivity contribution in [3.8, 4) is 5.75 Å². The van der Waals surface area contributed by atoms with Gasteiger partial charge in [0.15, 0.2) is 0 Å². The number of likely N-dealkylation sites (tertiary alicyclic amines) is 1. The molecular weight excluding hydrogens is 354 g/mol. The minimum atomic E-state index is -0.948. The highest BCUT2D eigenvalue weighted by molar-refractivity contribution is 5.81. The first kappa shape index (κ1) is 17.7. The highest BCUT2D eigenvalue weighted by Gasteiger charge is 2.48. The van der Waals surface area contributed by atoms with Crippen LogP contribution in [0.5, 0.6) is 5.75 Å². The zero-order valence-electron chi connectivity index (χ0n) is 15.3. The summed E-state index contributed by atoms with van der Waals surface area (Å²) in [6, 6.07) is 2.84. The summed E-state index contributed by atoms with van der Waals surface area (Å²) in [4.78, 5) is 25.6. The number of aliphatic hydroxyl groups is 1. The molecule has 0 aliphatic carbocycles. The highest BCUT2D eigenvalue weighted by Crippen LogP contribution is 2.45. The first-order valence-electron chi connectivity index (χ1n) is 8.86. The number of esters is 1. The first-order chi connectivity index (χ1) is 12.8. The van der Waals surface area contributed by atoms with E-state index in [9.17, 15) is 14.7 Å². The number of nitrogens with zero attached hydrogens (tertiary/aromatic N) is 3. The molecule has 144 valence electrons. The van der Waals surface area contributed by atoms with E-state index in [0.717, 1.165) is 0 Å². The standard InChI is InChI=1S/C18H21N3O6/c1-9(22)25-10-4-5-21(15(23)6-10)16-11-7-12-13(20-27-19-12)8-14(11)26-18(2,3)17(16)24/h7-8,10,16-17,24H,4-6H2,1-3H3. The molecule has 0 bridgehead atoms. The summed E-state index contributed by atoms with van der Waals surface area (Å²) in [5, 5.41) is 18.7. The Morgan fingerprint density at radius 3 is 2.70 bits per heavy atom. The number of ether oxygens (including phenoxy) is 2. The van der Waals surface area contributed by atoms with E-state index in [1.54, 1.807) is 30.9 Å². The lowest BCUT2D eigenvalue weighted by Gasteiger charge is -2.47. The van der Waals surface area contributed by atoms with Crippen molar-refractivity contribution in [2.24, 2.45) is 0 Å². The van der Waals surface area contributed by atoms with Crippen LogP contribution in [0.1, 0.15) is 45.2 Å². The number of hydrogen-bond acceptors (Lipinski definition) is 8. The van der Waals surface area contributed by atoms with Crippen LogP contribution in [0, 0.1) is 0 Å². The van der Waals surface area contributed by atoms with Gasteiger partial charge in [0, 0.05) is 31.5 Å². The monoisotopic (exact) mass is 375 g/mol. The van der Waals surface area contributed by atoms with E-state index in [2.05, 4.69) is 10.3 Å². The third kappa shape index (κ3) is 3.01. The maximum absolute atomic E-state index is 12.8. The van der Waals surface area contributed by atoms with Gasteiger partial charge in [-0.05, 0) is 30.2 Å². The van der Waals surface area contributed by atoms with Gasteiger partial charge in [0.05, 0.1) is 12.5 Å². The largest absolute Gasteiger partial charge is 0.485 e. The Morgan fingerprint density at radius 2 is 2.04 bits per heavy atom. The lowest BCUT2D eigenvalue weighted by Crippen LogP contribution is -2.56. The number of aromatic nitrogens is 2. The Hall–Kier alpha value is -2.68. The van der Waals surface area contributed by atoms with Gasteiger partial charge < -0.3 is 19.5 Å². The van der Waals surface area contributed by atoms with Gasteiger partial charge in [-0.15, -0.1) is 0 Å². The van der Waals surface area contributed by atoms with Gasteiger partial charge in [-0.1, -0.05) is 0 Å². The molecule has 2 aliphatic rings. The molecule has 2 aromatic rings. The Balaban J connectivity index is 1.71. The molecule has 0 saturated carbocycles. The van der Waals surface area contributed by atoms with E-state index < -0.39 is 29.8 Å². The van der Waals surface area contributed by atoms with Crippen LogP contribution in [0.15, 0.2) is 16.8 Å². The molecule has 0 spiro atoms. The van der Waals surface area contributed by atoms with Gasteiger partial charge >= 0.3 is 5.97 Å². The lowest BCUT2D eigenvalue weighted by atomic mass is 9.84. The van der Waals surface area contributed by atoms with Crippen LogP contribution in [-0.4, -0.2) is 56.5 Å². The maximum Gasteiger partial charge on any atom is 0.302 e. The van der Waals surface area contributed by atoms with Crippen molar-refractivity contribution in [2.75, 3.05) is 6.54 Å². The van der Waals surface area contributed by atoms with Gasteiger partial charge in [-0.2, -0.15) is 0 Å². The Bertz CT molecular complexity index is 908. The van der Waals surface area contributed by atoms with Gasteiger partial charge in [0.2, 0.25) is 5.91 Å². The second kappa shape index (κ2) is 6.19. The number of rotatable bonds is 2. The van der Waals surface area contributed by atoms with Gasteiger partial charge in [-0.3, -0.25) is 9.59 Å². The van der Waals surface area contributed by atoms with E-state index in [1.807, 2.05) is 0 Å². The van der Waals surface area contributed by atoms with Crippen molar-refractivity contribution in [3.05, 3.63) is 17.7 Å². The SMILES string of the molecule is CC(=O)OC1CCN(C2c3cc4nonc4cc3OC(C)(C)C2O)C(=O)C1. The number of amides is 1. The van der Waals surface area contributed by atoms with E-state index in [0.29, 0.717) is 35.3 Å². The molecule has 2 aliphatic heterocycles. The molecular formula is C18H21N3O6. The summed E-state index contributed by atoms with van der Waals surface area (Å²) < 4.78 is 15.9. The molecule has 1 aromatic heterocycles. The van der Waals surface area contributed by atoms with Crippen LogP contribution < -0.4 is 4.74 Å². The zero-order chi connectivity index (χ0) is 19.3. The molecule has 4 rings (SSSR count). The van der Waals surface area contributed by atoms with Gasteiger partial charge in [-0.25, -0.2) is 4.63 Å². The van der Waals surface area contributed by atoms with E-state index >= 15 is 0 Å². The van der Waals surface area contributed by atoms with Crippen molar-refractivity contribution < 1.29 is 28.8 Å². The van der Waals surface area contributed by atoms with Crippen molar-refractivity contribution >= 4 is 22.9 Å². The number of benzene rings is 1. The number of carbonyl (C=O) groups excluding carboxylic acids is 2. The van der Waals surface area contributed by atoms with Gasteiger partial charge in [0.25, 0.3) is 0 Å². The number of carbonyl (C=O) groups is 2. The van der Waals surface area contributed by atoms with E-state index in [4.69, 9.17) is 14.1 Å². The van der Waals surface area contributed by atoms with Crippen molar-refractivity contribution in [2.45, 2.75) is 57.5 Å². The van der Waals surface area contributed by atoms with Crippen LogP contribution in [0.25, 0.3) is 11.0 Å². The van der Waals surface area contributed by atoms with E-state index in [-0.39, 0.29) is 12.3 Å². The van der Waals surface area contributed by atoms with Crippen molar-refractivity contribution in [1.29, 1.82) is 0 Å². The molecule has 1 aromatic carbocycles. The van der Waals surface area contributed by atoms with Crippen LogP contribution in [0.4, 0.5) is 0 Å². The molecule has 3 heterocycles. The van der Waals surface area contributed by atoms with E-state index in [1.165, 1.54) is 6.92 Å². The number of aliphatic hydroxyl groups excluding tert-OH is 1. The number of fused-ring (bicyclic) bond motifs is 2. The number of piperidine rings is 1. The molecule has 27 heavy (non-hydrogen) atoms. The molecule has 1 fully saturated rings. The average molecular weight is 375 g/mol. The minimum Gasteiger partial charge on any atom is -0.485 e. The molecule has 1 amide bonds. The predicted octanol–water partition coefficient (Wildman–Crippen LogP) is 1.35. The zero-order valence-corrected chi connectivity index (χ0v) is 15.3. The third-order valence-corrected chi connectivity index (χ3v) is 5.17. The lowest BCUT2D eigenvalue weighted by molar-refractivity contribution is -0.160. The summed E-state index contributed by atoms with van der Waals surface area (Å²) in [6.45, 7) is 5.24. The molecule has 1 saturated heterocycles. The molecule has 9 nitrogen and oxygen atoms in total. The van der Waals surface area contributed by atoms with Crippen molar-refractivity contribution in [1.82, 2.24) is 15.2 Å². The fraction of sp³-hybridized carbons (Fsp3) is 0.556. The maximum atomic E-state index is 12.8. The quantitative estimate of drug-likeness (QED) is 0.782. The molecule has 3 atom stereocenters. The Labute approximate surface area is 155 Å². The smallest absolute Gasteiger partial charge is 0.302 e. The second-order valence-electron chi connectivity index (χ2n) is 7.55. The van der Waals surface area contributed by atoms with Crippen molar-refractivity contribution in [3.63, 3.8) is 0 Å². The second-order valence-corrected chi connectivity index (χ2v) is 7.55. The minimum absolute atomic E-state index is 0.0905. The highest BCUT2D eigenvalue weighted by atomic mass is 16.6.